The second-order valence-corrected chi connectivity index (χ2v) is 7.16. The lowest BCUT2D eigenvalue weighted by atomic mass is 10.3. The lowest BCUT2D eigenvalue weighted by Crippen LogP contribution is -2.27. The van der Waals surface area contributed by atoms with Gasteiger partial charge < -0.3 is 9.88 Å². The molecule has 1 N–H and O–H groups in total. The summed E-state index contributed by atoms with van der Waals surface area (Å²) in [5.74, 6) is -0.0354. The minimum atomic E-state index is -0.0354. The van der Waals surface area contributed by atoms with E-state index in [0.717, 1.165) is 28.2 Å². The standard InChI is InChI=1S/C14H16BrClN2OS/c1-2-7-18-9-10(15)8-12(18)14(19)17-6-5-11-3-4-13(16)20-11/h3-4,8-9H,2,5-7H2,1H3,(H,17,19). The average molecular weight is 376 g/mol. The molecule has 2 heterocycles. The molecular formula is C14H16BrClN2OS. The van der Waals surface area contributed by atoms with E-state index in [9.17, 15) is 4.79 Å². The highest BCUT2D eigenvalue weighted by Crippen LogP contribution is 2.21. The van der Waals surface area contributed by atoms with Gasteiger partial charge in [0.2, 0.25) is 0 Å². The summed E-state index contributed by atoms with van der Waals surface area (Å²) in [7, 11) is 0. The Kier molecular flexibility index (Phi) is 5.69. The Bertz CT molecular complexity index is 594. The molecule has 0 atom stereocenters. The van der Waals surface area contributed by atoms with Crippen LogP contribution < -0.4 is 5.32 Å². The van der Waals surface area contributed by atoms with Crippen molar-refractivity contribution in [2.24, 2.45) is 0 Å². The Morgan fingerprint density at radius 2 is 2.30 bits per heavy atom. The van der Waals surface area contributed by atoms with Crippen LogP contribution in [0.4, 0.5) is 0 Å². The molecule has 0 spiro atoms. The Balaban J connectivity index is 1.91. The van der Waals surface area contributed by atoms with Gasteiger partial charge in [0.15, 0.2) is 0 Å². The van der Waals surface area contributed by atoms with Gasteiger partial charge in [0.05, 0.1) is 4.34 Å². The van der Waals surface area contributed by atoms with E-state index in [4.69, 9.17) is 11.6 Å². The maximum absolute atomic E-state index is 12.2. The molecule has 2 aromatic rings. The molecule has 0 unspecified atom stereocenters. The van der Waals surface area contributed by atoms with Crippen LogP contribution in [0.5, 0.6) is 0 Å². The number of carbonyl (C=O) groups excluding carboxylic acids is 1. The lowest BCUT2D eigenvalue weighted by Gasteiger charge is -2.08. The number of hydrogen-bond donors (Lipinski definition) is 1. The van der Waals surface area contributed by atoms with E-state index in [1.165, 1.54) is 4.88 Å². The number of aryl methyl sites for hydroxylation is 1. The summed E-state index contributed by atoms with van der Waals surface area (Å²) in [5.41, 5.74) is 0.697. The lowest BCUT2D eigenvalue weighted by molar-refractivity contribution is 0.0945. The van der Waals surface area contributed by atoms with Crippen LogP contribution >= 0.6 is 38.9 Å². The van der Waals surface area contributed by atoms with Crippen LogP contribution in [0.3, 0.4) is 0 Å². The number of nitrogens with zero attached hydrogens (tertiary/aromatic N) is 1. The summed E-state index contributed by atoms with van der Waals surface area (Å²) in [6.07, 6.45) is 3.74. The third kappa shape index (κ3) is 4.11. The molecule has 0 aliphatic carbocycles. The van der Waals surface area contributed by atoms with E-state index in [-0.39, 0.29) is 5.91 Å². The van der Waals surface area contributed by atoms with Gasteiger partial charge in [-0.2, -0.15) is 0 Å². The molecule has 2 aromatic heterocycles. The zero-order valence-electron chi connectivity index (χ0n) is 11.2. The van der Waals surface area contributed by atoms with Crippen LogP contribution in [-0.4, -0.2) is 17.0 Å². The van der Waals surface area contributed by atoms with Gasteiger partial charge in [-0.1, -0.05) is 18.5 Å². The molecule has 108 valence electrons. The predicted octanol–water partition coefficient (Wildman–Crippen LogP) is 4.35. The van der Waals surface area contributed by atoms with E-state index in [0.29, 0.717) is 12.2 Å². The van der Waals surface area contributed by atoms with Crippen LogP contribution in [0.25, 0.3) is 0 Å². The van der Waals surface area contributed by atoms with E-state index < -0.39 is 0 Å². The number of nitrogens with one attached hydrogen (secondary N) is 1. The van der Waals surface area contributed by atoms with Crippen molar-refractivity contribution in [1.29, 1.82) is 0 Å². The molecule has 20 heavy (non-hydrogen) atoms. The normalized spacial score (nSPS) is 10.8. The molecule has 0 saturated carbocycles. The quantitative estimate of drug-likeness (QED) is 0.800. The molecule has 1 amide bonds. The molecule has 0 aromatic carbocycles. The average Bonchev–Trinajstić information content (AvgIpc) is 2.96. The van der Waals surface area contributed by atoms with Crippen LogP contribution in [0.1, 0.15) is 28.7 Å². The Morgan fingerprint density at radius 3 is 2.95 bits per heavy atom. The third-order valence-corrected chi connectivity index (χ3v) is 4.57. The number of amides is 1. The molecular weight excluding hydrogens is 360 g/mol. The number of halogens is 2. The van der Waals surface area contributed by atoms with Gasteiger partial charge in [-0.15, -0.1) is 11.3 Å². The van der Waals surface area contributed by atoms with Gasteiger partial charge in [-0.05, 0) is 47.0 Å². The summed E-state index contributed by atoms with van der Waals surface area (Å²) >= 11 is 10.8. The van der Waals surface area contributed by atoms with Crippen molar-refractivity contribution >= 4 is 44.8 Å². The number of rotatable bonds is 6. The van der Waals surface area contributed by atoms with Gasteiger partial charge in [0, 0.05) is 28.6 Å². The molecule has 0 radical (unpaired) electrons. The Labute approximate surface area is 136 Å². The molecule has 3 nitrogen and oxygen atoms in total. The van der Waals surface area contributed by atoms with Gasteiger partial charge in [0.25, 0.3) is 5.91 Å². The zero-order valence-corrected chi connectivity index (χ0v) is 14.3. The second-order valence-electron chi connectivity index (χ2n) is 4.45. The summed E-state index contributed by atoms with van der Waals surface area (Å²) in [6.45, 7) is 3.55. The SMILES string of the molecule is CCCn1cc(Br)cc1C(=O)NCCc1ccc(Cl)s1. The van der Waals surface area contributed by atoms with Crippen molar-refractivity contribution in [1.82, 2.24) is 9.88 Å². The smallest absolute Gasteiger partial charge is 0.267 e. The van der Waals surface area contributed by atoms with Crippen LogP contribution in [0, 0.1) is 0 Å². The molecule has 6 heteroatoms. The van der Waals surface area contributed by atoms with Gasteiger partial charge >= 0.3 is 0 Å². The van der Waals surface area contributed by atoms with Crippen molar-refractivity contribution in [2.75, 3.05) is 6.54 Å². The molecule has 0 fully saturated rings. The predicted molar refractivity (Wildman–Crippen MR) is 87.8 cm³/mol. The van der Waals surface area contributed by atoms with Crippen molar-refractivity contribution in [3.05, 3.63) is 43.8 Å². The van der Waals surface area contributed by atoms with Crippen LogP contribution in [-0.2, 0) is 13.0 Å². The minimum absolute atomic E-state index is 0.0354. The zero-order chi connectivity index (χ0) is 14.5. The van der Waals surface area contributed by atoms with Gasteiger partial charge in [-0.25, -0.2) is 0 Å². The summed E-state index contributed by atoms with van der Waals surface area (Å²) in [4.78, 5) is 13.4. The van der Waals surface area contributed by atoms with Crippen LogP contribution in [0.15, 0.2) is 28.9 Å². The number of thiophene rings is 1. The highest BCUT2D eigenvalue weighted by atomic mass is 79.9. The number of hydrogen-bond acceptors (Lipinski definition) is 2. The maximum Gasteiger partial charge on any atom is 0.267 e. The van der Waals surface area contributed by atoms with E-state index >= 15 is 0 Å². The summed E-state index contributed by atoms with van der Waals surface area (Å²) in [6, 6.07) is 5.73. The topological polar surface area (TPSA) is 34.0 Å². The fourth-order valence-corrected chi connectivity index (χ4v) is 3.52. The summed E-state index contributed by atoms with van der Waals surface area (Å²) < 4.78 is 3.69. The molecule has 0 bridgehead atoms. The number of carbonyl (C=O) groups is 1. The van der Waals surface area contributed by atoms with E-state index in [2.05, 4.69) is 28.2 Å². The minimum Gasteiger partial charge on any atom is -0.350 e. The van der Waals surface area contributed by atoms with Gasteiger partial charge in [-0.3, -0.25) is 4.79 Å². The molecule has 2 rings (SSSR count). The fourth-order valence-electron chi connectivity index (χ4n) is 1.97. The largest absolute Gasteiger partial charge is 0.350 e. The monoisotopic (exact) mass is 374 g/mol. The first-order valence-electron chi connectivity index (χ1n) is 6.48. The molecule has 0 aliphatic heterocycles. The number of aromatic nitrogens is 1. The van der Waals surface area contributed by atoms with Crippen molar-refractivity contribution in [3.8, 4) is 0 Å². The van der Waals surface area contributed by atoms with E-state index in [1.807, 2.05) is 29.0 Å². The Hall–Kier alpha value is -0.780. The second kappa shape index (κ2) is 7.29. The first-order valence-corrected chi connectivity index (χ1v) is 8.47. The highest BCUT2D eigenvalue weighted by Gasteiger charge is 2.12. The maximum atomic E-state index is 12.2. The van der Waals surface area contributed by atoms with Crippen LogP contribution in [0.2, 0.25) is 4.34 Å². The third-order valence-electron chi connectivity index (χ3n) is 2.85. The molecule has 0 aliphatic rings. The first kappa shape index (κ1) is 15.6. The van der Waals surface area contributed by atoms with Gasteiger partial charge in [0.1, 0.15) is 5.69 Å². The van der Waals surface area contributed by atoms with E-state index in [1.54, 1.807) is 11.3 Å². The first-order chi connectivity index (χ1) is 9.60. The summed E-state index contributed by atoms with van der Waals surface area (Å²) in [5, 5.41) is 2.95. The molecule has 0 saturated heterocycles. The Morgan fingerprint density at radius 1 is 1.50 bits per heavy atom. The van der Waals surface area contributed by atoms with Crippen molar-refractivity contribution in [2.45, 2.75) is 26.3 Å². The van der Waals surface area contributed by atoms with Crippen molar-refractivity contribution < 1.29 is 4.79 Å². The highest BCUT2D eigenvalue weighted by molar-refractivity contribution is 9.10. The fraction of sp³-hybridized carbons (Fsp3) is 0.357. The van der Waals surface area contributed by atoms with Crippen molar-refractivity contribution in [3.63, 3.8) is 0 Å².